The summed E-state index contributed by atoms with van der Waals surface area (Å²) in [5, 5.41) is 5.54. The molecule has 0 saturated heterocycles. The molecule has 2 aromatic rings. The lowest BCUT2D eigenvalue weighted by Crippen LogP contribution is -2.49. The van der Waals surface area contributed by atoms with Gasteiger partial charge in [-0.15, -0.1) is 0 Å². The molecule has 2 atom stereocenters. The van der Waals surface area contributed by atoms with Crippen LogP contribution in [0.15, 0.2) is 49.0 Å². The van der Waals surface area contributed by atoms with E-state index < -0.39 is 29.7 Å². The quantitative estimate of drug-likeness (QED) is 0.603. The lowest BCUT2D eigenvalue weighted by atomic mass is 10.0. The second kappa shape index (κ2) is 11.0. The summed E-state index contributed by atoms with van der Waals surface area (Å²) in [6.07, 6.45) is 0.977. The number of alkyl carbamates (subject to hydrolysis) is 1. The number of likely N-dealkylation sites (N-methyl/N-ethyl adjacent to an activating group) is 1. The molecule has 2 N–H and O–H groups in total. The van der Waals surface area contributed by atoms with Gasteiger partial charge in [0.1, 0.15) is 17.7 Å². The standard InChI is InChI=1S/C27H35N3O4/c1-9-20-14-11-15-21(16-20)23(24(31)29-22-17(2)12-10-13-18(22)3)30(8)25(32)19(4)28-26(33)34-27(5,6)7/h9-16,19,23H,1H2,2-8H3,(H,28,33)(H,29,31). The van der Waals surface area contributed by atoms with Crippen molar-refractivity contribution >= 4 is 29.7 Å². The Kier molecular flexibility index (Phi) is 8.62. The van der Waals surface area contributed by atoms with Gasteiger partial charge in [-0.1, -0.05) is 49.1 Å². The highest BCUT2D eigenvalue weighted by Crippen LogP contribution is 2.26. The molecule has 182 valence electrons. The molecule has 0 spiro atoms. The van der Waals surface area contributed by atoms with E-state index >= 15 is 0 Å². The molecule has 0 aliphatic carbocycles. The lowest BCUT2D eigenvalue weighted by Gasteiger charge is -2.31. The van der Waals surface area contributed by atoms with Gasteiger partial charge in [0.05, 0.1) is 0 Å². The third kappa shape index (κ3) is 6.94. The molecule has 3 amide bonds. The molecule has 0 aliphatic rings. The maximum Gasteiger partial charge on any atom is 0.408 e. The minimum Gasteiger partial charge on any atom is -0.444 e. The van der Waals surface area contributed by atoms with Crippen LogP contribution in [0.3, 0.4) is 0 Å². The van der Waals surface area contributed by atoms with Gasteiger partial charge >= 0.3 is 6.09 Å². The summed E-state index contributed by atoms with van der Waals surface area (Å²) in [6.45, 7) is 14.4. The molecule has 7 nitrogen and oxygen atoms in total. The number of benzene rings is 2. The Morgan fingerprint density at radius 3 is 2.21 bits per heavy atom. The summed E-state index contributed by atoms with van der Waals surface area (Å²) >= 11 is 0. The topological polar surface area (TPSA) is 87.7 Å². The van der Waals surface area contributed by atoms with Crippen molar-refractivity contribution in [2.45, 2.75) is 59.2 Å². The van der Waals surface area contributed by atoms with E-state index in [0.717, 1.165) is 16.7 Å². The van der Waals surface area contributed by atoms with Gasteiger partial charge in [0, 0.05) is 12.7 Å². The minimum atomic E-state index is -0.936. The van der Waals surface area contributed by atoms with Gasteiger partial charge in [-0.05, 0) is 69.9 Å². The van der Waals surface area contributed by atoms with Gasteiger partial charge in [0.15, 0.2) is 0 Å². The van der Waals surface area contributed by atoms with Crippen LogP contribution < -0.4 is 10.6 Å². The van der Waals surface area contributed by atoms with Gasteiger partial charge in [-0.2, -0.15) is 0 Å². The second-order valence-electron chi connectivity index (χ2n) is 9.35. The van der Waals surface area contributed by atoms with E-state index in [-0.39, 0.29) is 5.91 Å². The highest BCUT2D eigenvalue weighted by atomic mass is 16.6. The molecule has 2 aromatic carbocycles. The number of anilines is 1. The number of amides is 3. The van der Waals surface area contributed by atoms with Crippen LogP contribution in [-0.2, 0) is 14.3 Å². The van der Waals surface area contributed by atoms with E-state index in [1.807, 2.05) is 50.2 Å². The van der Waals surface area contributed by atoms with Crippen molar-refractivity contribution in [1.82, 2.24) is 10.2 Å². The van der Waals surface area contributed by atoms with E-state index in [1.54, 1.807) is 46.9 Å². The molecule has 2 rings (SSSR count). The van der Waals surface area contributed by atoms with Crippen LogP contribution in [0.1, 0.15) is 56.0 Å². The maximum atomic E-state index is 13.6. The van der Waals surface area contributed by atoms with Crippen molar-refractivity contribution < 1.29 is 19.1 Å². The molecule has 2 unspecified atom stereocenters. The molecule has 0 aromatic heterocycles. The van der Waals surface area contributed by atoms with Crippen molar-refractivity contribution in [3.8, 4) is 0 Å². The predicted octanol–water partition coefficient (Wildman–Crippen LogP) is 5.00. The van der Waals surface area contributed by atoms with E-state index in [2.05, 4.69) is 17.2 Å². The number of ether oxygens (including phenoxy) is 1. The molecule has 0 bridgehead atoms. The first-order chi connectivity index (χ1) is 15.8. The third-order valence-electron chi connectivity index (χ3n) is 5.28. The Hall–Kier alpha value is -3.61. The van der Waals surface area contributed by atoms with Gasteiger partial charge in [-0.3, -0.25) is 9.59 Å². The molecular weight excluding hydrogens is 430 g/mol. The first-order valence-electron chi connectivity index (χ1n) is 11.2. The fourth-order valence-corrected chi connectivity index (χ4v) is 3.59. The Morgan fingerprint density at radius 1 is 1.06 bits per heavy atom. The zero-order valence-electron chi connectivity index (χ0n) is 21.1. The van der Waals surface area contributed by atoms with E-state index in [1.165, 1.54) is 4.90 Å². The second-order valence-corrected chi connectivity index (χ2v) is 9.35. The van der Waals surface area contributed by atoms with Gasteiger partial charge in [0.2, 0.25) is 5.91 Å². The normalized spacial score (nSPS) is 12.8. The maximum absolute atomic E-state index is 13.6. The number of para-hydroxylation sites is 1. The van der Waals surface area contributed by atoms with Crippen LogP contribution in [0.5, 0.6) is 0 Å². The zero-order valence-corrected chi connectivity index (χ0v) is 21.1. The Bertz CT molecular complexity index is 1050. The van der Waals surface area contributed by atoms with Crippen LogP contribution >= 0.6 is 0 Å². The van der Waals surface area contributed by atoms with Crippen LogP contribution in [0, 0.1) is 13.8 Å². The largest absolute Gasteiger partial charge is 0.444 e. The molecule has 0 radical (unpaired) electrons. The summed E-state index contributed by atoms with van der Waals surface area (Å²) in [5.41, 5.74) is 3.29. The Morgan fingerprint density at radius 2 is 1.65 bits per heavy atom. The van der Waals surface area contributed by atoms with Crippen molar-refractivity contribution in [3.63, 3.8) is 0 Å². The van der Waals surface area contributed by atoms with Crippen molar-refractivity contribution in [2.24, 2.45) is 0 Å². The third-order valence-corrected chi connectivity index (χ3v) is 5.28. The van der Waals surface area contributed by atoms with Gasteiger partial charge < -0.3 is 20.3 Å². The first-order valence-corrected chi connectivity index (χ1v) is 11.2. The van der Waals surface area contributed by atoms with E-state index in [9.17, 15) is 14.4 Å². The number of nitrogens with zero attached hydrogens (tertiary/aromatic N) is 1. The molecule has 0 heterocycles. The number of aryl methyl sites for hydroxylation is 2. The molecule has 0 aliphatic heterocycles. The SMILES string of the molecule is C=Cc1cccc(C(C(=O)Nc2c(C)cccc2C)N(C)C(=O)C(C)NC(=O)OC(C)(C)C)c1. The Labute approximate surface area is 202 Å². The molecule has 0 saturated carbocycles. The van der Waals surface area contributed by atoms with Crippen molar-refractivity contribution in [2.75, 3.05) is 12.4 Å². The fourth-order valence-electron chi connectivity index (χ4n) is 3.59. The van der Waals surface area contributed by atoms with E-state index in [0.29, 0.717) is 11.3 Å². The summed E-state index contributed by atoms with van der Waals surface area (Å²) < 4.78 is 5.26. The summed E-state index contributed by atoms with van der Waals surface area (Å²) in [4.78, 5) is 40.3. The lowest BCUT2D eigenvalue weighted by molar-refractivity contribution is -0.138. The summed E-state index contributed by atoms with van der Waals surface area (Å²) in [7, 11) is 1.55. The van der Waals surface area contributed by atoms with Crippen molar-refractivity contribution in [3.05, 3.63) is 71.3 Å². The molecule has 7 heteroatoms. The van der Waals surface area contributed by atoms with Crippen LogP contribution in [0.4, 0.5) is 10.5 Å². The fraction of sp³-hybridized carbons (Fsp3) is 0.370. The number of carbonyl (C=O) groups excluding carboxylic acids is 3. The summed E-state index contributed by atoms with van der Waals surface area (Å²) in [5.74, 6) is -0.796. The van der Waals surface area contributed by atoms with E-state index in [4.69, 9.17) is 4.74 Å². The zero-order chi connectivity index (χ0) is 25.6. The molecule has 34 heavy (non-hydrogen) atoms. The smallest absolute Gasteiger partial charge is 0.408 e. The number of rotatable bonds is 7. The first kappa shape index (κ1) is 26.6. The van der Waals surface area contributed by atoms with Crippen LogP contribution in [-0.4, -0.2) is 41.5 Å². The number of hydrogen-bond acceptors (Lipinski definition) is 4. The van der Waals surface area contributed by atoms with Gasteiger partial charge in [0.25, 0.3) is 5.91 Å². The number of nitrogens with one attached hydrogen (secondary N) is 2. The molecule has 0 fully saturated rings. The van der Waals surface area contributed by atoms with Gasteiger partial charge in [-0.25, -0.2) is 4.79 Å². The average Bonchev–Trinajstić information content (AvgIpc) is 2.74. The number of carbonyl (C=O) groups is 3. The highest BCUT2D eigenvalue weighted by Gasteiger charge is 2.32. The van der Waals surface area contributed by atoms with Crippen molar-refractivity contribution in [1.29, 1.82) is 0 Å². The van der Waals surface area contributed by atoms with Crippen LogP contribution in [0.25, 0.3) is 6.08 Å². The predicted molar refractivity (Wildman–Crippen MR) is 135 cm³/mol. The number of hydrogen-bond donors (Lipinski definition) is 2. The monoisotopic (exact) mass is 465 g/mol. The highest BCUT2D eigenvalue weighted by molar-refractivity contribution is 5.99. The molecular formula is C27H35N3O4. The van der Waals surface area contributed by atoms with Crippen LogP contribution in [0.2, 0.25) is 0 Å². The summed E-state index contributed by atoms with van der Waals surface area (Å²) in [6, 6.07) is 11.2. The minimum absolute atomic E-state index is 0.362. The Balaban J connectivity index is 2.36. The average molecular weight is 466 g/mol.